The summed E-state index contributed by atoms with van der Waals surface area (Å²) in [4.78, 5) is 69.5. The van der Waals surface area contributed by atoms with Crippen LogP contribution >= 0.6 is 0 Å². The molecule has 0 bridgehead atoms. The lowest BCUT2D eigenvalue weighted by Gasteiger charge is -2.47. The van der Waals surface area contributed by atoms with Gasteiger partial charge in [0.05, 0.1) is 24.1 Å². The number of halogens is 2. The van der Waals surface area contributed by atoms with Crippen LogP contribution in [-0.2, 0) is 11.2 Å². The van der Waals surface area contributed by atoms with Crippen LogP contribution in [0.5, 0.6) is 5.75 Å². The van der Waals surface area contributed by atoms with Crippen LogP contribution < -0.4 is 20.3 Å². The van der Waals surface area contributed by atoms with Crippen LogP contribution in [0.4, 0.5) is 25.0 Å². The van der Waals surface area contributed by atoms with Gasteiger partial charge >= 0.3 is 6.03 Å². The largest absolute Gasteiger partial charge is 0.495 e. The first-order valence-corrected chi connectivity index (χ1v) is 22.7. The summed E-state index contributed by atoms with van der Waals surface area (Å²) < 4.78 is 35.6. The number of imide groups is 1. The maximum absolute atomic E-state index is 15.2. The first-order valence-electron chi connectivity index (χ1n) is 22.7. The lowest BCUT2D eigenvalue weighted by molar-refractivity contribution is -0.120. The van der Waals surface area contributed by atoms with Crippen molar-refractivity contribution in [2.75, 3.05) is 56.6 Å². The number of aromatic nitrogens is 3. The number of urea groups is 1. The average Bonchev–Trinajstić information content (AvgIpc) is 3.77. The van der Waals surface area contributed by atoms with Crippen molar-refractivity contribution in [3.8, 4) is 28.3 Å². The molecule has 1 spiro atoms. The molecule has 2 aromatic heterocycles. The molecule has 0 aliphatic carbocycles. The van der Waals surface area contributed by atoms with Crippen molar-refractivity contribution in [1.29, 1.82) is 0 Å². The van der Waals surface area contributed by atoms with Gasteiger partial charge < -0.3 is 24.8 Å². The van der Waals surface area contributed by atoms with Gasteiger partial charge in [-0.25, -0.2) is 23.5 Å². The van der Waals surface area contributed by atoms with Crippen molar-refractivity contribution >= 4 is 46.2 Å². The van der Waals surface area contributed by atoms with Gasteiger partial charge in [0.1, 0.15) is 29.4 Å². The van der Waals surface area contributed by atoms with Crippen LogP contribution in [0.25, 0.3) is 33.5 Å². The molecule has 6 aromatic rings. The minimum Gasteiger partial charge on any atom is -0.495 e. The van der Waals surface area contributed by atoms with E-state index in [-0.39, 0.29) is 41.4 Å². The molecule has 3 aliphatic heterocycles. The Morgan fingerprint density at radius 2 is 1.58 bits per heavy atom. The molecule has 0 saturated carbocycles. The zero-order valence-corrected chi connectivity index (χ0v) is 38.1. The van der Waals surface area contributed by atoms with E-state index >= 15 is 4.39 Å². The Hall–Kier alpha value is -7.00. The molecule has 3 aliphatic rings. The molecule has 9 rings (SSSR count). The van der Waals surface area contributed by atoms with E-state index in [0.717, 1.165) is 68.9 Å². The average molecular weight is 908 g/mol. The molecule has 13 nitrogen and oxygen atoms in total. The highest BCUT2D eigenvalue weighted by Crippen LogP contribution is 2.42. The number of benzene rings is 4. The second kappa shape index (κ2) is 18.7. The summed E-state index contributed by atoms with van der Waals surface area (Å²) in [6.45, 7) is 10.0. The van der Waals surface area contributed by atoms with E-state index in [1.807, 2.05) is 24.8 Å². The fourth-order valence-corrected chi connectivity index (χ4v) is 9.65. The minimum absolute atomic E-state index is 0.0704. The molecular formula is C52H53F2N8O5. The van der Waals surface area contributed by atoms with Crippen molar-refractivity contribution in [1.82, 2.24) is 30.1 Å². The number of likely N-dealkylation sites (tertiary alicyclic amines) is 2. The maximum Gasteiger partial charge on any atom is 0.328 e. The summed E-state index contributed by atoms with van der Waals surface area (Å²) >= 11 is 0. The van der Waals surface area contributed by atoms with Crippen molar-refractivity contribution in [2.24, 2.45) is 5.41 Å². The number of H-pyrrole nitrogens is 1. The van der Waals surface area contributed by atoms with Gasteiger partial charge in [-0.1, -0.05) is 44.2 Å². The molecule has 345 valence electrons. The summed E-state index contributed by atoms with van der Waals surface area (Å²) in [6.07, 6.45) is 6.58. The van der Waals surface area contributed by atoms with Crippen LogP contribution in [0.1, 0.15) is 83.4 Å². The standard InChI is InChI=1S/C52H53F2N8O5/c1-31(2)35-9-11-38(41(54)25-35)49(64)58-42-28-37(53)27-39(32(42)3)47-40-29-43(57-48(40)56-30-55-47)34-7-5-33(6-8-34)13-19-60-21-15-52(16-22-60)17-23-61(24-18-52)50(65)36-10-12-45(67-4)44(26-36)62-20-14-46(63)59-51(62)66/h5-12,25-30H,13-24H2,1-4H3,(H,58,64)(H,55,56,57)(H,59,63,66). The molecule has 67 heavy (non-hydrogen) atoms. The number of amides is 5. The number of hydrogen-bond acceptors (Lipinski definition) is 8. The number of carbonyl (C=O) groups is 4. The topological polar surface area (TPSA) is 153 Å². The molecule has 5 heterocycles. The second-order valence-electron chi connectivity index (χ2n) is 18.2. The Balaban J connectivity index is 0.793. The third-order valence-corrected chi connectivity index (χ3v) is 13.9. The number of ether oxygens (including phenoxy) is 1. The first kappa shape index (κ1) is 45.2. The molecule has 0 unspecified atom stereocenters. The maximum atomic E-state index is 15.2. The van der Waals surface area contributed by atoms with E-state index in [0.29, 0.717) is 63.5 Å². The summed E-state index contributed by atoms with van der Waals surface area (Å²) in [5.41, 5.74) is 7.10. The number of carbonyl (C=O) groups excluding carboxylic acids is 4. The van der Waals surface area contributed by atoms with Crippen molar-refractivity contribution in [3.63, 3.8) is 0 Å². The van der Waals surface area contributed by atoms with E-state index in [9.17, 15) is 23.6 Å². The fraction of sp³-hybridized carbons (Fsp3) is 0.327. The third kappa shape index (κ3) is 9.37. The van der Waals surface area contributed by atoms with E-state index < -0.39 is 23.6 Å². The minimum atomic E-state index is -0.679. The summed E-state index contributed by atoms with van der Waals surface area (Å²) in [5.74, 6) is -0.925. The highest BCUT2D eigenvalue weighted by molar-refractivity contribution is 6.07. The van der Waals surface area contributed by atoms with Gasteiger partial charge in [0.25, 0.3) is 11.8 Å². The molecule has 3 saturated heterocycles. The first-order chi connectivity index (χ1) is 32.3. The number of nitrogens with zero attached hydrogens (tertiary/aromatic N) is 5. The number of nitrogens with one attached hydrogen (secondary N) is 3. The van der Waals surface area contributed by atoms with Gasteiger partial charge in [0.15, 0.2) is 0 Å². The Labute approximate surface area is 387 Å². The lowest BCUT2D eigenvalue weighted by Crippen LogP contribution is -2.50. The Morgan fingerprint density at radius 3 is 2.28 bits per heavy atom. The van der Waals surface area contributed by atoms with Crippen LogP contribution in [0.2, 0.25) is 0 Å². The normalized spacial score (nSPS) is 16.5. The summed E-state index contributed by atoms with van der Waals surface area (Å²) in [6, 6.07) is 22.0. The highest BCUT2D eigenvalue weighted by atomic mass is 19.1. The van der Waals surface area contributed by atoms with Crippen LogP contribution in [0.15, 0.2) is 85.2 Å². The van der Waals surface area contributed by atoms with Gasteiger partial charge in [0.2, 0.25) is 5.91 Å². The molecule has 1 radical (unpaired) electrons. The van der Waals surface area contributed by atoms with Crippen molar-refractivity contribution in [2.45, 2.75) is 59.3 Å². The number of fused-ring (bicyclic) bond motifs is 1. The molecule has 3 fully saturated rings. The smallest absolute Gasteiger partial charge is 0.328 e. The van der Waals surface area contributed by atoms with Crippen molar-refractivity contribution in [3.05, 3.63) is 131 Å². The van der Waals surface area contributed by atoms with Gasteiger partial charge in [-0.05, 0) is 134 Å². The van der Waals surface area contributed by atoms with E-state index in [1.54, 1.807) is 31.2 Å². The van der Waals surface area contributed by atoms with Gasteiger partial charge in [0, 0.05) is 60.5 Å². The van der Waals surface area contributed by atoms with Crippen molar-refractivity contribution < 1.29 is 32.7 Å². The number of rotatable bonds is 11. The molecule has 15 heteroatoms. The molecule has 5 amide bonds. The fourth-order valence-electron chi connectivity index (χ4n) is 9.65. The number of aromatic amines is 1. The zero-order valence-electron chi connectivity index (χ0n) is 38.1. The van der Waals surface area contributed by atoms with E-state index in [1.165, 1.54) is 48.2 Å². The monoisotopic (exact) mass is 907 g/mol. The van der Waals surface area contributed by atoms with Gasteiger partial charge in [-0.15, -0.1) is 0 Å². The molecule has 0 atom stereocenters. The third-order valence-electron chi connectivity index (χ3n) is 13.9. The quantitative estimate of drug-likeness (QED) is 0.116. The second-order valence-corrected chi connectivity index (χ2v) is 18.2. The lowest BCUT2D eigenvalue weighted by atomic mass is 9.71. The van der Waals surface area contributed by atoms with Gasteiger partial charge in [-0.2, -0.15) is 0 Å². The van der Waals surface area contributed by atoms with E-state index in [4.69, 9.17) is 4.74 Å². The Kier molecular flexibility index (Phi) is 12.6. The van der Waals surface area contributed by atoms with Crippen LogP contribution in [0, 0.1) is 29.9 Å². The van der Waals surface area contributed by atoms with E-state index in [2.05, 4.69) is 54.8 Å². The predicted octanol–water partition coefficient (Wildman–Crippen LogP) is 9.11. The number of piperidine rings is 2. The zero-order chi connectivity index (χ0) is 47.0. The SMILES string of the molecule is COc1ccc(C(=O)N2CCC3(CCN(CCc4ccc(-c5cc6c(-c7cc(F)cc(NC(=O)c8ccc([C](C)C)cc8F)c7C)ncnc6[nH]5)cc4)CC3)CC2)cc1N1CCC(=O)NC1=O. The summed E-state index contributed by atoms with van der Waals surface area (Å²) in [5, 5.41) is 5.74. The molecule has 3 N–H and O–H groups in total. The van der Waals surface area contributed by atoms with Crippen LogP contribution in [-0.4, -0.2) is 94.9 Å². The Bertz CT molecular complexity index is 2880. The van der Waals surface area contributed by atoms with Gasteiger partial charge in [-0.3, -0.25) is 24.6 Å². The number of anilines is 2. The van der Waals surface area contributed by atoms with Crippen LogP contribution in [0.3, 0.4) is 0 Å². The predicted molar refractivity (Wildman–Crippen MR) is 253 cm³/mol. The summed E-state index contributed by atoms with van der Waals surface area (Å²) in [7, 11) is 1.52. The highest BCUT2D eigenvalue weighted by Gasteiger charge is 2.39. The molecular weight excluding hydrogens is 855 g/mol. The molecule has 4 aromatic carbocycles. The Morgan fingerprint density at radius 1 is 0.851 bits per heavy atom. The number of hydrogen-bond donors (Lipinski definition) is 3. The number of methoxy groups -OCH3 is 1.